The van der Waals surface area contributed by atoms with Gasteiger partial charge in [-0.3, -0.25) is 4.79 Å². The number of aromatic hydroxyl groups is 1. The highest BCUT2D eigenvalue weighted by Gasteiger charge is 2.18. The Hall–Kier alpha value is -2.74. The molecule has 0 saturated heterocycles. The summed E-state index contributed by atoms with van der Waals surface area (Å²) in [7, 11) is 0. The quantitative estimate of drug-likeness (QED) is 0.442. The molecule has 0 heterocycles. The number of phenols is 1. The van der Waals surface area contributed by atoms with Gasteiger partial charge in [0.15, 0.2) is 11.5 Å². The van der Waals surface area contributed by atoms with Gasteiger partial charge in [0.25, 0.3) is 5.91 Å². The number of carbonyl (C=O) groups is 1. The molecule has 26 heavy (non-hydrogen) atoms. The first-order valence-electron chi connectivity index (χ1n) is 9.11. The highest BCUT2D eigenvalue weighted by molar-refractivity contribution is 6.01. The van der Waals surface area contributed by atoms with E-state index in [9.17, 15) is 15.2 Å². The topological polar surface area (TPSA) is 82.4 Å². The molecule has 2 rings (SSSR count). The number of hydrogen-bond acceptors (Lipinski definition) is 4. The highest BCUT2D eigenvalue weighted by Crippen LogP contribution is 2.33. The van der Waals surface area contributed by atoms with Crippen molar-refractivity contribution in [1.82, 2.24) is 5.32 Å². The SMILES string of the molecule is C=CCc1cc(C=C(C#N)C(=O)NC2CCCCC2)cc(OCC)c1O. The molecule has 0 spiro atoms. The fraction of sp³-hybridized carbons (Fsp3) is 0.429. The molecule has 1 aromatic carbocycles. The maximum Gasteiger partial charge on any atom is 0.262 e. The lowest BCUT2D eigenvalue weighted by atomic mass is 9.95. The zero-order valence-electron chi connectivity index (χ0n) is 15.3. The number of phenolic OH excluding ortho intramolecular Hbond substituents is 1. The van der Waals surface area contributed by atoms with Crippen molar-refractivity contribution >= 4 is 12.0 Å². The predicted octanol–water partition coefficient (Wildman–Crippen LogP) is 3.88. The van der Waals surface area contributed by atoms with Gasteiger partial charge in [0.05, 0.1) is 6.61 Å². The number of ether oxygens (including phenoxy) is 1. The van der Waals surface area contributed by atoms with E-state index in [2.05, 4.69) is 11.9 Å². The summed E-state index contributed by atoms with van der Waals surface area (Å²) in [6.07, 6.45) is 9.01. The van der Waals surface area contributed by atoms with E-state index in [-0.39, 0.29) is 23.3 Å². The minimum Gasteiger partial charge on any atom is -0.504 e. The van der Waals surface area contributed by atoms with Gasteiger partial charge in [-0.1, -0.05) is 25.3 Å². The Kier molecular flexibility index (Phi) is 7.28. The van der Waals surface area contributed by atoms with E-state index in [1.807, 2.05) is 13.0 Å². The van der Waals surface area contributed by atoms with Crippen LogP contribution in [0.15, 0.2) is 30.4 Å². The van der Waals surface area contributed by atoms with Crippen LogP contribution in [0.1, 0.15) is 50.2 Å². The Balaban J connectivity index is 2.27. The largest absolute Gasteiger partial charge is 0.504 e. The Morgan fingerprint density at radius 2 is 2.15 bits per heavy atom. The van der Waals surface area contributed by atoms with Gasteiger partial charge in [-0.15, -0.1) is 6.58 Å². The van der Waals surface area contributed by atoms with E-state index in [1.165, 1.54) is 12.5 Å². The van der Waals surface area contributed by atoms with Crippen LogP contribution in [-0.4, -0.2) is 23.7 Å². The molecule has 2 N–H and O–H groups in total. The predicted molar refractivity (Wildman–Crippen MR) is 102 cm³/mol. The van der Waals surface area contributed by atoms with Crippen molar-refractivity contribution in [2.45, 2.75) is 51.5 Å². The summed E-state index contributed by atoms with van der Waals surface area (Å²) < 4.78 is 5.46. The van der Waals surface area contributed by atoms with Crippen LogP contribution in [0.4, 0.5) is 0 Å². The van der Waals surface area contributed by atoms with Crippen molar-refractivity contribution < 1.29 is 14.6 Å². The number of carbonyl (C=O) groups excluding carboxylic acids is 1. The van der Waals surface area contributed by atoms with Crippen LogP contribution >= 0.6 is 0 Å². The minimum atomic E-state index is -0.351. The van der Waals surface area contributed by atoms with Crippen molar-refractivity contribution in [2.75, 3.05) is 6.61 Å². The van der Waals surface area contributed by atoms with Gasteiger partial charge in [-0.2, -0.15) is 5.26 Å². The first-order valence-corrected chi connectivity index (χ1v) is 9.11. The van der Waals surface area contributed by atoms with Crippen molar-refractivity contribution in [1.29, 1.82) is 5.26 Å². The Morgan fingerprint density at radius 3 is 2.77 bits per heavy atom. The average Bonchev–Trinajstić information content (AvgIpc) is 2.64. The molecule has 1 aromatic rings. The van der Waals surface area contributed by atoms with E-state index in [0.717, 1.165) is 25.7 Å². The summed E-state index contributed by atoms with van der Waals surface area (Å²) >= 11 is 0. The summed E-state index contributed by atoms with van der Waals surface area (Å²) in [6, 6.07) is 5.50. The van der Waals surface area contributed by atoms with E-state index in [1.54, 1.807) is 18.2 Å². The van der Waals surface area contributed by atoms with Crippen LogP contribution in [0, 0.1) is 11.3 Å². The number of nitrogens with zero attached hydrogens (tertiary/aromatic N) is 1. The fourth-order valence-electron chi connectivity index (χ4n) is 3.17. The van der Waals surface area contributed by atoms with Crippen molar-refractivity contribution in [2.24, 2.45) is 0 Å². The molecule has 1 saturated carbocycles. The number of benzene rings is 1. The first-order chi connectivity index (χ1) is 12.6. The number of allylic oxidation sites excluding steroid dienone is 1. The lowest BCUT2D eigenvalue weighted by Gasteiger charge is -2.22. The molecular weight excluding hydrogens is 328 g/mol. The molecule has 0 radical (unpaired) electrons. The Labute approximate surface area is 155 Å². The molecule has 5 nitrogen and oxygen atoms in total. The summed E-state index contributed by atoms with van der Waals surface area (Å²) in [4.78, 5) is 12.4. The Morgan fingerprint density at radius 1 is 1.42 bits per heavy atom. The van der Waals surface area contributed by atoms with Gasteiger partial charge in [0, 0.05) is 11.6 Å². The number of hydrogen-bond donors (Lipinski definition) is 2. The van der Waals surface area contributed by atoms with E-state index >= 15 is 0 Å². The molecule has 0 aromatic heterocycles. The lowest BCUT2D eigenvalue weighted by molar-refractivity contribution is -0.117. The van der Waals surface area contributed by atoms with E-state index in [4.69, 9.17) is 4.74 Å². The number of nitrogens with one attached hydrogen (secondary N) is 1. The maximum absolute atomic E-state index is 12.4. The van der Waals surface area contributed by atoms with Crippen LogP contribution < -0.4 is 10.1 Å². The van der Waals surface area contributed by atoms with Crippen LogP contribution in [0.25, 0.3) is 6.08 Å². The minimum absolute atomic E-state index is 0.0493. The van der Waals surface area contributed by atoms with Gasteiger partial charge >= 0.3 is 0 Å². The molecule has 0 bridgehead atoms. The highest BCUT2D eigenvalue weighted by atomic mass is 16.5. The summed E-state index contributed by atoms with van der Waals surface area (Å²) in [6.45, 7) is 5.92. The molecule has 0 unspecified atom stereocenters. The fourth-order valence-corrected chi connectivity index (χ4v) is 3.17. The second-order valence-corrected chi connectivity index (χ2v) is 6.43. The third-order valence-electron chi connectivity index (χ3n) is 4.46. The van der Waals surface area contributed by atoms with Crippen LogP contribution in [-0.2, 0) is 11.2 Å². The smallest absolute Gasteiger partial charge is 0.262 e. The van der Waals surface area contributed by atoms with Gasteiger partial charge in [0.2, 0.25) is 0 Å². The maximum atomic E-state index is 12.4. The average molecular weight is 354 g/mol. The molecule has 138 valence electrons. The van der Waals surface area contributed by atoms with Crippen LogP contribution in [0.5, 0.6) is 11.5 Å². The van der Waals surface area contributed by atoms with Crippen LogP contribution in [0.2, 0.25) is 0 Å². The summed E-state index contributed by atoms with van der Waals surface area (Å²) in [5.41, 5.74) is 1.33. The first kappa shape index (κ1) is 19.6. The second kappa shape index (κ2) is 9.67. The van der Waals surface area contributed by atoms with Crippen molar-refractivity contribution in [3.8, 4) is 17.6 Å². The van der Waals surface area contributed by atoms with E-state index in [0.29, 0.717) is 29.9 Å². The molecule has 1 aliphatic carbocycles. The molecule has 5 heteroatoms. The third-order valence-corrected chi connectivity index (χ3v) is 4.46. The summed E-state index contributed by atoms with van der Waals surface area (Å²) in [5, 5.41) is 22.6. The number of amides is 1. The van der Waals surface area contributed by atoms with Gasteiger partial charge < -0.3 is 15.2 Å². The second-order valence-electron chi connectivity index (χ2n) is 6.43. The lowest BCUT2D eigenvalue weighted by Crippen LogP contribution is -2.36. The van der Waals surface area contributed by atoms with E-state index < -0.39 is 0 Å². The van der Waals surface area contributed by atoms with Crippen LogP contribution in [0.3, 0.4) is 0 Å². The molecule has 0 atom stereocenters. The normalized spacial score (nSPS) is 15.2. The monoisotopic (exact) mass is 354 g/mol. The molecule has 1 aliphatic rings. The standard InChI is InChI=1S/C21H26N2O3/c1-3-8-16-11-15(13-19(20(16)24)26-4-2)12-17(14-22)21(25)23-18-9-6-5-7-10-18/h3,11-13,18,24H,1,4-10H2,2H3,(H,23,25). The van der Waals surface area contributed by atoms with Gasteiger partial charge in [-0.25, -0.2) is 0 Å². The third kappa shape index (κ3) is 5.13. The number of rotatable bonds is 7. The molecule has 0 aliphatic heterocycles. The molecule has 1 fully saturated rings. The Bertz CT molecular complexity index is 726. The van der Waals surface area contributed by atoms with Gasteiger partial charge in [0.1, 0.15) is 11.6 Å². The zero-order chi connectivity index (χ0) is 18.9. The zero-order valence-corrected chi connectivity index (χ0v) is 15.3. The number of nitriles is 1. The van der Waals surface area contributed by atoms with Gasteiger partial charge in [-0.05, 0) is 50.0 Å². The molecular formula is C21H26N2O3. The molecule has 1 amide bonds. The van der Waals surface area contributed by atoms with Crippen molar-refractivity contribution in [3.05, 3.63) is 41.5 Å². The van der Waals surface area contributed by atoms with Crippen molar-refractivity contribution in [3.63, 3.8) is 0 Å². The summed E-state index contributed by atoms with van der Waals surface area (Å²) in [5.74, 6) is 0.0489.